The Bertz CT molecular complexity index is 978. The van der Waals surface area contributed by atoms with E-state index in [1.165, 1.54) is 0 Å². The van der Waals surface area contributed by atoms with Crippen molar-refractivity contribution >= 4 is 28.7 Å². The lowest BCUT2D eigenvalue weighted by atomic mass is 9.81. The summed E-state index contributed by atoms with van der Waals surface area (Å²) in [6, 6.07) is 21.6. The number of fused-ring (bicyclic) bond motifs is 2. The molecule has 3 heteroatoms. The van der Waals surface area contributed by atoms with Gasteiger partial charge in [0.25, 0.3) is 0 Å². The van der Waals surface area contributed by atoms with E-state index in [9.17, 15) is 9.59 Å². The number of benzene rings is 3. The molecule has 0 aromatic heterocycles. The summed E-state index contributed by atoms with van der Waals surface area (Å²) in [5.74, 6) is -0.132. The Morgan fingerprint density at radius 3 is 1.72 bits per heavy atom. The van der Waals surface area contributed by atoms with E-state index < -0.39 is 0 Å². The van der Waals surface area contributed by atoms with Crippen LogP contribution in [0.2, 0.25) is 5.02 Å². The van der Waals surface area contributed by atoms with Crippen LogP contribution in [0, 0.1) is 0 Å². The maximum absolute atomic E-state index is 12.7. The fourth-order valence-electron chi connectivity index (χ4n) is 3.11. The van der Waals surface area contributed by atoms with Crippen LogP contribution in [-0.4, -0.2) is 11.6 Å². The first-order valence-corrected chi connectivity index (χ1v) is 8.28. The van der Waals surface area contributed by atoms with Crippen LogP contribution in [0.25, 0.3) is 5.57 Å². The van der Waals surface area contributed by atoms with E-state index in [4.69, 9.17) is 11.6 Å². The first kappa shape index (κ1) is 15.6. The largest absolute Gasteiger partial charge is 0.289 e. The molecule has 0 fully saturated rings. The summed E-state index contributed by atoms with van der Waals surface area (Å²) < 4.78 is 0. The summed E-state index contributed by atoms with van der Waals surface area (Å²) in [6.07, 6.45) is 1.60. The summed E-state index contributed by atoms with van der Waals surface area (Å²) in [5.41, 5.74) is 4.14. The van der Waals surface area contributed by atoms with Gasteiger partial charge in [-0.25, -0.2) is 0 Å². The number of hydrogen-bond acceptors (Lipinski definition) is 2. The Labute approximate surface area is 150 Å². The molecule has 0 radical (unpaired) electrons. The third-order valence-electron chi connectivity index (χ3n) is 4.33. The summed E-state index contributed by atoms with van der Waals surface area (Å²) in [7, 11) is 0. The van der Waals surface area contributed by atoms with Gasteiger partial charge in [-0.05, 0) is 47.0 Å². The van der Waals surface area contributed by atoms with E-state index in [0.29, 0.717) is 21.7 Å². The standard InChI is InChI=1S/C22H13ClO2/c23-15-11-9-14(10-12-15)21(24)13-20-16-5-1-3-7-18(16)22(25)19-8-4-2-6-17(19)20/h1-13H. The van der Waals surface area contributed by atoms with Crippen molar-refractivity contribution in [2.24, 2.45) is 0 Å². The number of carbonyl (C=O) groups is 2. The number of rotatable bonds is 2. The SMILES string of the molecule is O=C(C=C1c2ccccc2C(=O)c2ccccc21)c1ccc(Cl)cc1. The molecule has 0 saturated heterocycles. The molecule has 0 unspecified atom stereocenters. The monoisotopic (exact) mass is 344 g/mol. The predicted molar refractivity (Wildman–Crippen MR) is 99.2 cm³/mol. The van der Waals surface area contributed by atoms with E-state index in [-0.39, 0.29) is 11.6 Å². The number of hydrogen-bond donors (Lipinski definition) is 0. The summed E-state index contributed by atoms with van der Waals surface area (Å²) in [6.45, 7) is 0. The minimum Gasteiger partial charge on any atom is -0.289 e. The lowest BCUT2D eigenvalue weighted by Gasteiger charge is -2.21. The molecule has 1 aliphatic carbocycles. The summed E-state index contributed by atoms with van der Waals surface area (Å²) in [5, 5.41) is 0.586. The molecule has 0 N–H and O–H groups in total. The number of carbonyl (C=O) groups excluding carboxylic acids is 2. The van der Waals surface area contributed by atoms with Crippen LogP contribution in [0.5, 0.6) is 0 Å². The van der Waals surface area contributed by atoms with Gasteiger partial charge in [-0.1, -0.05) is 60.1 Å². The van der Waals surface area contributed by atoms with E-state index in [1.807, 2.05) is 36.4 Å². The molecule has 3 aromatic carbocycles. The molecule has 25 heavy (non-hydrogen) atoms. The van der Waals surface area contributed by atoms with Gasteiger partial charge >= 0.3 is 0 Å². The average Bonchev–Trinajstić information content (AvgIpc) is 2.65. The molecule has 0 bridgehead atoms. The van der Waals surface area contributed by atoms with E-state index >= 15 is 0 Å². The lowest BCUT2D eigenvalue weighted by molar-refractivity contribution is 0.103. The van der Waals surface area contributed by atoms with Crippen LogP contribution in [0.4, 0.5) is 0 Å². The van der Waals surface area contributed by atoms with Gasteiger partial charge in [0.1, 0.15) is 0 Å². The van der Waals surface area contributed by atoms with Crippen molar-refractivity contribution in [3.8, 4) is 0 Å². The zero-order valence-electron chi connectivity index (χ0n) is 13.2. The van der Waals surface area contributed by atoms with Crippen molar-refractivity contribution < 1.29 is 9.59 Å². The number of allylic oxidation sites excluding steroid dienone is 1. The fraction of sp³-hybridized carbons (Fsp3) is 0. The van der Waals surface area contributed by atoms with Crippen molar-refractivity contribution in [3.05, 3.63) is 112 Å². The zero-order valence-corrected chi connectivity index (χ0v) is 14.0. The third kappa shape index (κ3) is 2.71. The summed E-state index contributed by atoms with van der Waals surface area (Å²) >= 11 is 5.89. The van der Waals surface area contributed by atoms with Crippen molar-refractivity contribution in [2.75, 3.05) is 0 Å². The van der Waals surface area contributed by atoms with Gasteiger partial charge in [0.05, 0.1) is 0 Å². The molecule has 0 saturated carbocycles. The van der Waals surface area contributed by atoms with Crippen LogP contribution in [-0.2, 0) is 0 Å². The fourth-order valence-corrected chi connectivity index (χ4v) is 3.23. The first-order chi connectivity index (χ1) is 12.1. The molecule has 4 rings (SSSR count). The van der Waals surface area contributed by atoms with Crippen LogP contribution in [0.1, 0.15) is 37.4 Å². The molecule has 1 aliphatic rings. The van der Waals surface area contributed by atoms with E-state index in [2.05, 4.69) is 0 Å². The van der Waals surface area contributed by atoms with E-state index in [0.717, 1.165) is 16.7 Å². The van der Waals surface area contributed by atoms with Crippen LogP contribution in [0.15, 0.2) is 78.9 Å². The Balaban J connectivity index is 1.89. The van der Waals surface area contributed by atoms with Gasteiger partial charge in [0.15, 0.2) is 11.6 Å². The number of halogens is 1. The minimum atomic E-state index is -0.120. The maximum Gasteiger partial charge on any atom is 0.194 e. The highest BCUT2D eigenvalue weighted by molar-refractivity contribution is 6.30. The quantitative estimate of drug-likeness (QED) is 0.370. The molecule has 120 valence electrons. The van der Waals surface area contributed by atoms with Gasteiger partial charge in [0, 0.05) is 21.7 Å². The van der Waals surface area contributed by atoms with Crippen molar-refractivity contribution in [3.63, 3.8) is 0 Å². The van der Waals surface area contributed by atoms with Gasteiger partial charge in [0.2, 0.25) is 0 Å². The highest BCUT2D eigenvalue weighted by atomic mass is 35.5. The Hall–Kier alpha value is -2.97. The average molecular weight is 345 g/mol. The van der Waals surface area contributed by atoms with Gasteiger partial charge in [-0.15, -0.1) is 0 Å². The molecular weight excluding hydrogens is 332 g/mol. The molecule has 0 atom stereocenters. The lowest BCUT2D eigenvalue weighted by Crippen LogP contribution is -2.15. The minimum absolute atomic E-state index is 0.0118. The highest BCUT2D eigenvalue weighted by Crippen LogP contribution is 2.35. The highest BCUT2D eigenvalue weighted by Gasteiger charge is 2.26. The molecule has 0 heterocycles. The first-order valence-electron chi connectivity index (χ1n) is 7.90. The van der Waals surface area contributed by atoms with Crippen molar-refractivity contribution in [2.45, 2.75) is 0 Å². The normalized spacial score (nSPS) is 12.4. The van der Waals surface area contributed by atoms with Crippen LogP contribution < -0.4 is 0 Å². The Morgan fingerprint density at radius 1 is 0.720 bits per heavy atom. The van der Waals surface area contributed by atoms with Crippen molar-refractivity contribution in [1.82, 2.24) is 0 Å². The van der Waals surface area contributed by atoms with Gasteiger partial charge in [-0.3, -0.25) is 9.59 Å². The predicted octanol–water partition coefficient (Wildman–Crippen LogP) is 5.20. The van der Waals surface area contributed by atoms with Gasteiger partial charge < -0.3 is 0 Å². The maximum atomic E-state index is 12.7. The topological polar surface area (TPSA) is 34.1 Å². The van der Waals surface area contributed by atoms with Crippen LogP contribution >= 0.6 is 11.6 Å². The zero-order chi connectivity index (χ0) is 17.4. The second kappa shape index (κ2) is 6.15. The number of ketones is 2. The molecule has 0 aliphatic heterocycles. The van der Waals surface area contributed by atoms with Crippen LogP contribution in [0.3, 0.4) is 0 Å². The molecule has 0 amide bonds. The molecular formula is C22H13ClO2. The van der Waals surface area contributed by atoms with E-state index in [1.54, 1.807) is 42.5 Å². The Morgan fingerprint density at radius 2 is 1.20 bits per heavy atom. The smallest absolute Gasteiger partial charge is 0.194 e. The summed E-state index contributed by atoms with van der Waals surface area (Å²) in [4.78, 5) is 25.4. The molecule has 3 aromatic rings. The second-order valence-corrected chi connectivity index (χ2v) is 6.29. The Kier molecular flexibility index (Phi) is 3.83. The second-order valence-electron chi connectivity index (χ2n) is 5.85. The third-order valence-corrected chi connectivity index (χ3v) is 4.58. The molecule has 2 nitrogen and oxygen atoms in total. The molecule has 0 spiro atoms. The van der Waals surface area contributed by atoms with Gasteiger partial charge in [-0.2, -0.15) is 0 Å². The van der Waals surface area contributed by atoms with Crippen molar-refractivity contribution in [1.29, 1.82) is 0 Å².